The van der Waals surface area contributed by atoms with Gasteiger partial charge in [0.1, 0.15) is 6.26 Å². The van der Waals surface area contributed by atoms with Crippen molar-refractivity contribution in [3.05, 3.63) is 42.0 Å². The molecule has 12 heteroatoms. The van der Waals surface area contributed by atoms with Gasteiger partial charge < -0.3 is 30.0 Å². The molecule has 2 aliphatic rings. The first-order chi connectivity index (χ1) is 17.5. The van der Waals surface area contributed by atoms with E-state index in [2.05, 4.69) is 25.1 Å². The van der Waals surface area contributed by atoms with Crippen molar-refractivity contribution in [1.29, 1.82) is 0 Å². The standard InChI is InChI=1S/C24H26N8O3S/c1-14-10-15(2-4-26-14)23-28-18(13-35-23)22(33)27-17-11-19-20(29-21(17)32-5-3-16(25)12-32)30-24(36-19)31-6-8-34-9-7-31/h2,4,10-11,13,16H,3,5-9,12,25H2,1H3,(H,27,33)/t16-/m0/s1. The van der Waals surface area contributed by atoms with E-state index < -0.39 is 0 Å². The number of aryl methyl sites for hydroxylation is 1. The molecule has 36 heavy (non-hydrogen) atoms. The van der Waals surface area contributed by atoms with Crippen LogP contribution in [0.5, 0.6) is 0 Å². The Morgan fingerprint density at radius 3 is 2.81 bits per heavy atom. The number of morpholine rings is 1. The van der Waals surface area contributed by atoms with Crippen LogP contribution in [0.15, 0.2) is 35.1 Å². The Morgan fingerprint density at radius 2 is 2.03 bits per heavy atom. The second-order valence-electron chi connectivity index (χ2n) is 8.95. The summed E-state index contributed by atoms with van der Waals surface area (Å²) in [5.74, 6) is 0.651. The molecule has 0 aromatic carbocycles. The van der Waals surface area contributed by atoms with Crippen molar-refractivity contribution in [1.82, 2.24) is 19.9 Å². The van der Waals surface area contributed by atoms with Crippen LogP contribution in [0.1, 0.15) is 22.6 Å². The zero-order chi connectivity index (χ0) is 24.6. The number of carbonyl (C=O) groups excluding carboxylic acids is 1. The molecule has 4 aromatic rings. The third kappa shape index (κ3) is 4.50. The summed E-state index contributed by atoms with van der Waals surface area (Å²) in [7, 11) is 0. The molecule has 3 N–H and O–H groups in total. The molecule has 2 aliphatic heterocycles. The average Bonchev–Trinajstić information content (AvgIpc) is 3.63. The Morgan fingerprint density at radius 1 is 1.17 bits per heavy atom. The van der Waals surface area contributed by atoms with E-state index in [1.807, 2.05) is 19.1 Å². The average molecular weight is 507 g/mol. The molecule has 0 radical (unpaired) electrons. The second-order valence-corrected chi connectivity index (χ2v) is 9.96. The number of hydrogen-bond acceptors (Lipinski definition) is 11. The summed E-state index contributed by atoms with van der Waals surface area (Å²) in [5, 5.41) is 3.91. The lowest BCUT2D eigenvalue weighted by atomic mass is 10.2. The van der Waals surface area contributed by atoms with Crippen LogP contribution in [0.2, 0.25) is 0 Å². The number of fused-ring (bicyclic) bond motifs is 1. The highest BCUT2D eigenvalue weighted by atomic mass is 32.1. The number of oxazole rings is 1. The number of anilines is 3. The molecule has 0 spiro atoms. The van der Waals surface area contributed by atoms with Crippen LogP contribution in [0.4, 0.5) is 16.6 Å². The second kappa shape index (κ2) is 9.45. The van der Waals surface area contributed by atoms with Gasteiger partial charge in [0.2, 0.25) is 5.89 Å². The summed E-state index contributed by atoms with van der Waals surface area (Å²) in [6, 6.07) is 5.65. The zero-order valence-corrected chi connectivity index (χ0v) is 20.6. The number of nitrogens with one attached hydrogen (secondary N) is 1. The topological polar surface area (TPSA) is 136 Å². The summed E-state index contributed by atoms with van der Waals surface area (Å²) in [5.41, 5.74) is 9.21. The zero-order valence-electron chi connectivity index (χ0n) is 19.8. The first kappa shape index (κ1) is 22.8. The van der Waals surface area contributed by atoms with Crippen LogP contribution in [0.25, 0.3) is 21.8 Å². The first-order valence-corrected chi connectivity index (χ1v) is 12.7. The highest BCUT2D eigenvalue weighted by molar-refractivity contribution is 7.22. The minimum absolute atomic E-state index is 0.0623. The summed E-state index contributed by atoms with van der Waals surface area (Å²) < 4.78 is 11.9. The smallest absolute Gasteiger partial charge is 0.277 e. The fourth-order valence-electron chi connectivity index (χ4n) is 4.42. The predicted octanol–water partition coefficient (Wildman–Crippen LogP) is 2.68. The SMILES string of the molecule is Cc1cc(-c2nc(C(=O)Nc3cc4sc(N5CCOCC5)nc4nc3N3CC[C@H](N)C3)co2)ccn1. The van der Waals surface area contributed by atoms with Crippen molar-refractivity contribution >= 4 is 44.2 Å². The Kier molecular flexibility index (Phi) is 5.99. The molecule has 0 bridgehead atoms. The number of carbonyl (C=O) groups is 1. The van der Waals surface area contributed by atoms with Crippen molar-refractivity contribution in [3.8, 4) is 11.5 Å². The number of ether oxygens (including phenoxy) is 1. The number of hydrogen-bond donors (Lipinski definition) is 2. The molecular weight excluding hydrogens is 480 g/mol. The molecule has 0 unspecified atom stereocenters. The Hall–Kier alpha value is -3.61. The first-order valence-electron chi connectivity index (χ1n) is 11.9. The number of pyridine rings is 2. The van der Waals surface area contributed by atoms with Crippen LogP contribution in [-0.4, -0.2) is 71.3 Å². The van der Waals surface area contributed by atoms with Crippen molar-refractivity contribution in [2.75, 3.05) is 54.5 Å². The van der Waals surface area contributed by atoms with Gasteiger partial charge in [-0.2, -0.15) is 4.98 Å². The number of aromatic nitrogens is 4. The van der Waals surface area contributed by atoms with Gasteiger partial charge in [-0.3, -0.25) is 9.78 Å². The van der Waals surface area contributed by atoms with E-state index in [0.717, 1.165) is 47.1 Å². The number of thiazole rings is 1. The van der Waals surface area contributed by atoms with Gasteiger partial charge in [-0.05, 0) is 31.5 Å². The maximum absolute atomic E-state index is 13.2. The van der Waals surface area contributed by atoms with Gasteiger partial charge in [0.05, 0.1) is 23.6 Å². The van der Waals surface area contributed by atoms with Gasteiger partial charge in [-0.25, -0.2) is 9.97 Å². The third-order valence-electron chi connectivity index (χ3n) is 6.29. The van der Waals surface area contributed by atoms with Crippen LogP contribution in [0, 0.1) is 6.92 Å². The lowest BCUT2D eigenvalue weighted by Gasteiger charge is -2.25. The molecule has 0 aliphatic carbocycles. The lowest BCUT2D eigenvalue weighted by molar-refractivity contribution is 0.102. The molecule has 1 amide bonds. The Bertz CT molecular complexity index is 1410. The van der Waals surface area contributed by atoms with E-state index in [4.69, 9.17) is 24.9 Å². The fraction of sp³-hybridized carbons (Fsp3) is 0.375. The van der Waals surface area contributed by atoms with E-state index in [1.165, 1.54) is 6.26 Å². The highest BCUT2D eigenvalue weighted by Crippen LogP contribution is 2.36. The summed E-state index contributed by atoms with van der Waals surface area (Å²) in [6.07, 6.45) is 3.91. The molecule has 4 aromatic heterocycles. The monoisotopic (exact) mass is 506 g/mol. The quantitative estimate of drug-likeness (QED) is 0.416. The minimum Gasteiger partial charge on any atom is -0.444 e. The van der Waals surface area contributed by atoms with Gasteiger partial charge in [0, 0.05) is 49.7 Å². The molecule has 6 rings (SSSR count). The van der Waals surface area contributed by atoms with Gasteiger partial charge >= 0.3 is 0 Å². The number of rotatable bonds is 5. The Balaban J connectivity index is 1.31. The van der Waals surface area contributed by atoms with Crippen molar-refractivity contribution in [2.24, 2.45) is 5.73 Å². The van der Waals surface area contributed by atoms with Gasteiger partial charge in [0.25, 0.3) is 5.91 Å². The van der Waals surface area contributed by atoms with Gasteiger partial charge in [-0.1, -0.05) is 11.3 Å². The molecule has 186 valence electrons. The van der Waals surface area contributed by atoms with Gasteiger partial charge in [-0.15, -0.1) is 0 Å². The van der Waals surface area contributed by atoms with E-state index in [0.29, 0.717) is 42.8 Å². The third-order valence-corrected chi connectivity index (χ3v) is 7.34. The largest absolute Gasteiger partial charge is 0.444 e. The van der Waals surface area contributed by atoms with Gasteiger partial charge in [0.15, 0.2) is 22.3 Å². The lowest BCUT2D eigenvalue weighted by Crippen LogP contribution is -2.36. The minimum atomic E-state index is -0.375. The molecule has 6 heterocycles. The molecule has 0 saturated carbocycles. The van der Waals surface area contributed by atoms with E-state index in [-0.39, 0.29) is 17.6 Å². The molecule has 1 atom stereocenters. The van der Waals surface area contributed by atoms with Crippen molar-refractivity contribution in [3.63, 3.8) is 0 Å². The maximum atomic E-state index is 13.2. The summed E-state index contributed by atoms with van der Waals surface area (Å²) in [4.78, 5) is 35.7. The summed E-state index contributed by atoms with van der Waals surface area (Å²) >= 11 is 1.56. The van der Waals surface area contributed by atoms with Crippen molar-refractivity contribution in [2.45, 2.75) is 19.4 Å². The molecule has 11 nitrogen and oxygen atoms in total. The van der Waals surface area contributed by atoms with E-state index >= 15 is 0 Å². The molecule has 2 saturated heterocycles. The van der Waals surface area contributed by atoms with E-state index in [1.54, 1.807) is 23.6 Å². The highest BCUT2D eigenvalue weighted by Gasteiger charge is 2.26. The van der Waals surface area contributed by atoms with E-state index in [9.17, 15) is 4.79 Å². The maximum Gasteiger partial charge on any atom is 0.277 e. The number of nitrogens with zero attached hydrogens (tertiary/aromatic N) is 6. The van der Waals surface area contributed by atoms with Crippen LogP contribution in [-0.2, 0) is 4.74 Å². The number of amides is 1. The van der Waals surface area contributed by atoms with Crippen LogP contribution >= 0.6 is 11.3 Å². The fourth-order valence-corrected chi connectivity index (χ4v) is 5.42. The molecule has 2 fully saturated rings. The van der Waals surface area contributed by atoms with Crippen molar-refractivity contribution < 1.29 is 13.9 Å². The Labute approximate surface area is 211 Å². The summed E-state index contributed by atoms with van der Waals surface area (Å²) in [6.45, 7) is 6.26. The normalized spacial score (nSPS) is 18.2. The van der Waals surface area contributed by atoms with Crippen LogP contribution in [0.3, 0.4) is 0 Å². The number of nitrogens with two attached hydrogens (primary N) is 1. The molecular formula is C24H26N8O3S. The predicted molar refractivity (Wildman–Crippen MR) is 138 cm³/mol. The van der Waals surface area contributed by atoms with Crippen LogP contribution < -0.4 is 20.9 Å².